The van der Waals surface area contributed by atoms with Crippen molar-refractivity contribution < 1.29 is 14.6 Å². The van der Waals surface area contributed by atoms with E-state index in [0.29, 0.717) is 6.61 Å². The molecule has 1 N–H and O–H groups in total. The van der Waals surface area contributed by atoms with Gasteiger partial charge in [0.25, 0.3) is 0 Å². The summed E-state index contributed by atoms with van der Waals surface area (Å²) in [5, 5.41) is 8.51. The maximum Gasteiger partial charge on any atom is 0.372 e. The number of rotatable bonds is 5. The van der Waals surface area contributed by atoms with Crippen molar-refractivity contribution in [3.63, 3.8) is 0 Å². The van der Waals surface area contributed by atoms with Crippen LogP contribution < -0.4 is 0 Å². The van der Waals surface area contributed by atoms with Crippen LogP contribution in [0.4, 0.5) is 0 Å². The second kappa shape index (κ2) is 5.77. The number of hydrogen-bond donors (Lipinski definition) is 1. The quantitative estimate of drug-likeness (QED) is 0.287. The fraction of sp³-hybridized carbons (Fsp3) is 0.625. The van der Waals surface area contributed by atoms with E-state index in [1.807, 2.05) is 0 Å². The fourth-order valence-corrected chi connectivity index (χ4v) is 0.600. The van der Waals surface area contributed by atoms with Crippen molar-refractivity contribution in [2.75, 3.05) is 6.61 Å². The number of esters is 1. The van der Waals surface area contributed by atoms with Crippen molar-refractivity contribution in [3.8, 4) is 0 Å². The first kappa shape index (κ1) is 10.0. The van der Waals surface area contributed by atoms with Crippen molar-refractivity contribution in [1.29, 1.82) is 0 Å². The average molecular weight is 158 g/mol. The Balaban J connectivity index is 3.25. The summed E-state index contributed by atoms with van der Waals surface area (Å²) in [5.41, 5.74) is 0. The summed E-state index contributed by atoms with van der Waals surface area (Å²) in [6.45, 7) is 5.46. The van der Waals surface area contributed by atoms with E-state index in [0.717, 1.165) is 19.3 Å². The molecule has 0 aromatic heterocycles. The van der Waals surface area contributed by atoms with E-state index < -0.39 is 11.7 Å². The molecular formula is C8H14O3. The third-order valence-corrected chi connectivity index (χ3v) is 1.22. The van der Waals surface area contributed by atoms with Gasteiger partial charge >= 0.3 is 5.97 Å². The number of carbonyl (C=O) groups excluding carboxylic acids is 1. The van der Waals surface area contributed by atoms with Crippen LogP contribution in [0.15, 0.2) is 12.3 Å². The Morgan fingerprint density at radius 3 is 2.64 bits per heavy atom. The summed E-state index contributed by atoms with van der Waals surface area (Å²) in [4.78, 5) is 10.5. The van der Waals surface area contributed by atoms with E-state index in [4.69, 9.17) is 5.11 Å². The van der Waals surface area contributed by atoms with Crippen LogP contribution in [0.2, 0.25) is 0 Å². The summed E-state index contributed by atoms with van der Waals surface area (Å²) in [6, 6.07) is 0. The Morgan fingerprint density at radius 1 is 1.55 bits per heavy atom. The zero-order chi connectivity index (χ0) is 8.69. The maximum absolute atomic E-state index is 10.5. The first-order chi connectivity index (χ1) is 5.18. The molecule has 0 saturated carbocycles. The molecular weight excluding hydrogens is 144 g/mol. The summed E-state index contributed by atoms with van der Waals surface area (Å²) in [7, 11) is 0. The van der Waals surface area contributed by atoms with Gasteiger partial charge in [0.2, 0.25) is 0 Å². The van der Waals surface area contributed by atoms with Gasteiger partial charge in [-0.05, 0) is 13.0 Å². The number of aliphatic hydroxyl groups is 1. The molecule has 0 unspecified atom stereocenters. The minimum absolute atomic E-state index is 0.367. The van der Waals surface area contributed by atoms with Crippen LogP contribution in [0.5, 0.6) is 0 Å². The third-order valence-electron chi connectivity index (χ3n) is 1.22. The molecule has 64 valence electrons. The van der Waals surface area contributed by atoms with Gasteiger partial charge in [-0.3, -0.25) is 0 Å². The molecule has 0 rings (SSSR count). The number of ether oxygens (including phenoxy) is 1. The summed E-state index contributed by atoms with van der Waals surface area (Å²) in [5.74, 6) is -1.25. The first-order valence-corrected chi connectivity index (χ1v) is 3.73. The van der Waals surface area contributed by atoms with Crippen molar-refractivity contribution in [2.24, 2.45) is 0 Å². The van der Waals surface area contributed by atoms with Crippen molar-refractivity contribution >= 4 is 5.97 Å². The van der Waals surface area contributed by atoms with E-state index in [-0.39, 0.29) is 0 Å². The lowest BCUT2D eigenvalue weighted by molar-refractivity contribution is -0.142. The molecule has 0 aliphatic carbocycles. The van der Waals surface area contributed by atoms with E-state index in [9.17, 15) is 4.79 Å². The highest BCUT2D eigenvalue weighted by Gasteiger charge is 2.03. The van der Waals surface area contributed by atoms with E-state index in [1.165, 1.54) is 0 Å². The SMILES string of the molecule is C=C(O)C(=O)OCCCCC. The van der Waals surface area contributed by atoms with Crippen LogP contribution in [-0.4, -0.2) is 17.7 Å². The van der Waals surface area contributed by atoms with Crippen molar-refractivity contribution in [3.05, 3.63) is 12.3 Å². The van der Waals surface area contributed by atoms with E-state index in [2.05, 4.69) is 18.2 Å². The summed E-state index contributed by atoms with van der Waals surface area (Å²) >= 11 is 0. The molecule has 0 radical (unpaired) electrons. The van der Waals surface area contributed by atoms with Crippen molar-refractivity contribution in [1.82, 2.24) is 0 Å². The third kappa shape index (κ3) is 5.45. The topological polar surface area (TPSA) is 46.5 Å². The average Bonchev–Trinajstić information content (AvgIpc) is 1.97. The molecule has 11 heavy (non-hydrogen) atoms. The van der Waals surface area contributed by atoms with Gasteiger partial charge < -0.3 is 9.84 Å². The highest BCUT2D eigenvalue weighted by molar-refractivity contribution is 5.84. The van der Waals surface area contributed by atoms with Crippen LogP contribution in [0.25, 0.3) is 0 Å². The van der Waals surface area contributed by atoms with Gasteiger partial charge in [0.1, 0.15) is 0 Å². The van der Waals surface area contributed by atoms with Gasteiger partial charge in [-0.25, -0.2) is 4.79 Å². The molecule has 0 aromatic rings. The molecule has 3 heteroatoms. The maximum atomic E-state index is 10.5. The van der Waals surface area contributed by atoms with Crippen LogP contribution >= 0.6 is 0 Å². The van der Waals surface area contributed by atoms with Crippen LogP contribution in [0, 0.1) is 0 Å². The minimum Gasteiger partial charge on any atom is -0.502 e. The predicted molar refractivity (Wildman–Crippen MR) is 42.3 cm³/mol. The Hall–Kier alpha value is -0.990. The molecule has 0 aliphatic heterocycles. The molecule has 0 amide bonds. The molecule has 0 heterocycles. The largest absolute Gasteiger partial charge is 0.502 e. The molecule has 0 saturated heterocycles. The second-order valence-corrected chi connectivity index (χ2v) is 2.29. The van der Waals surface area contributed by atoms with Gasteiger partial charge in [0.05, 0.1) is 6.61 Å². The van der Waals surface area contributed by atoms with E-state index >= 15 is 0 Å². The molecule has 0 fully saturated rings. The Bertz CT molecular complexity index is 140. The molecule has 0 atom stereocenters. The fourth-order valence-electron chi connectivity index (χ4n) is 0.600. The standard InChI is InChI=1S/C8H14O3/c1-3-4-5-6-11-8(10)7(2)9/h9H,2-6H2,1H3. The van der Waals surface area contributed by atoms with Gasteiger partial charge in [-0.15, -0.1) is 0 Å². The minimum atomic E-state index is -0.721. The normalized spacial score (nSPS) is 9.18. The van der Waals surface area contributed by atoms with Gasteiger partial charge in [0, 0.05) is 0 Å². The molecule has 0 bridgehead atoms. The van der Waals surface area contributed by atoms with Gasteiger partial charge in [-0.1, -0.05) is 19.8 Å². The lowest BCUT2D eigenvalue weighted by atomic mass is 10.3. The Kier molecular flexibility index (Phi) is 5.25. The molecule has 0 aliphatic rings. The molecule has 0 aromatic carbocycles. The van der Waals surface area contributed by atoms with E-state index in [1.54, 1.807) is 0 Å². The summed E-state index contributed by atoms with van der Waals surface area (Å²) in [6.07, 6.45) is 2.96. The van der Waals surface area contributed by atoms with Gasteiger partial charge in [-0.2, -0.15) is 0 Å². The molecule has 0 spiro atoms. The van der Waals surface area contributed by atoms with Crippen LogP contribution in [0.1, 0.15) is 26.2 Å². The summed E-state index contributed by atoms with van der Waals surface area (Å²) < 4.78 is 4.62. The molecule has 3 nitrogen and oxygen atoms in total. The van der Waals surface area contributed by atoms with Crippen molar-refractivity contribution in [2.45, 2.75) is 26.2 Å². The number of unbranched alkanes of at least 4 members (excludes halogenated alkanes) is 2. The Labute approximate surface area is 66.7 Å². The highest BCUT2D eigenvalue weighted by atomic mass is 16.5. The number of carbonyl (C=O) groups is 1. The zero-order valence-corrected chi connectivity index (χ0v) is 6.80. The van der Waals surface area contributed by atoms with Crippen LogP contribution in [0.3, 0.4) is 0 Å². The smallest absolute Gasteiger partial charge is 0.372 e. The lowest BCUT2D eigenvalue weighted by Crippen LogP contribution is -2.07. The predicted octanol–water partition coefficient (Wildman–Crippen LogP) is 1.79. The monoisotopic (exact) mass is 158 g/mol. The first-order valence-electron chi connectivity index (χ1n) is 3.73. The lowest BCUT2D eigenvalue weighted by Gasteiger charge is -2.01. The van der Waals surface area contributed by atoms with Gasteiger partial charge in [0.15, 0.2) is 5.76 Å². The second-order valence-electron chi connectivity index (χ2n) is 2.29. The number of hydrogen-bond acceptors (Lipinski definition) is 3. The zero-order valence-electron chi connectivity index (χ0n) is 6.80. The Morgan fingerprint density at radius 2 is 2.18 bits per heavy atom. The number of aliphatic hydroxyl groups excluding tert-OH is 1. The van der Waals surface area contributed by atoms with Crippen LogP contribution in [-0.2, 0) is 9.53 Å². The highest BCUT2D eigenvalue weighted by Crippen LogP contribution is 1.96.